The van der Waals surface area contributed by atoms with Crippen LogP contribution in [0.25, 0.3) is 11.0 Å². The molecule has 0 bridgehead atoms. The smallest absolute Gasteiger partial charge is 0.356 e. The lowest BCUT2D eigenvalue weighted by molar-refractivity contribution is 0.0503. The maximum atomic E-state index is 11.0. The first-order valence-corrected chi connectivity index (χ1v) is 3.65. The standard InChI is InChI=1S/C8H7N3O2/c9-13-8(12)5-1-2-6-7(3-5)11-4-10-6/h1-4H,9H2,(H,10,11). The number of carbonyl (C=O) groups excluding carboxylic acids is 1. The Bertz CT molecular complexity index is 449. The number of nitrogens with two attached hydrogens (primary N) is 1. The van der Waals surface area contributed by atoms with Gasteiger partial charge in [0.05, 0.1) is 22.9 Å². The summed E-state index contributed by atoms with van der Waals surface area (Å²) in [5, 5.41) is 0. The van der Waals surface area contributed by atoms with Gasteiger partial charge >= 0.3 is 5.97 Å². The zero-order chi connectivity index (χ0) is 9.26. The van der Waals surface area contributed by atoms with Crippen molar-refractivity contribution >= 4 is 17.0 Å². The molecular weight excluding hydrogens is 170 g/mol. The predicted molar refractivity (Wildman–Crippen MR) is 45.7 cm³/mol. The van der Waals surface area contributed by atoms with Gasteiger partial charge in [-0.15, -0.1) is 0 Å². The number of nitrogens with one attached hydrogen (secondary N) is 1. The van der Waals surface area contributed by atoms with Crippen LogP contribution in [-0.2, 0) is 4.84 Å². The number of imidazole rings is 1. The number of rotatable bonds is 1. The first kappa shape index (κ1) is 7.75. The largest absolute Gasteiger partial charge is 0.370 e. The van der Waals surface area contributed by atoms with Crippen molar-refractivity contribution in [1.29, 1.82) is 0 Å². The lowest BCUT2D eigenvalue weighted by Gasteiger charge is -1.96. The zero-order valence-electron chi connectivity index (χ0n) is 6.65. The summed E-state index contributed by atoms with van der Waals surface area (Å²) >= 11 is 0. The number of aromatic amines is 1. The number of hydrogen-bond acceptors (Lipinski definition) is 4. The molecule has 0 radical (unpaired) electrons. The number of H-pyrrole nitrogens is 1. The quantitative estimate of drug-likeness (QED) is 0.625. The van der Waals surface area contributed by atoms with E-state index in [0.717, 1.165) is 11.0 Å². The van der Waals surface area contributed by atoms with Crippen molar-refractivity contribution in [3.63, 3.8) is 0 Å². The zero-order valence-corrected chi connectivity index (χ0v) is 6.65. The van der Waals surface area contributed by atoms with Gasteiger partial charge in [-0.1, -0.05) is 0 Å². The van der Waals surface area contributed by atoms with Crippen molar-refractivity contribution in [1.82, 2.24) is 9.97 Å². The lowest BCUT2D eigenvalue weighted by Crippen LogP contribution is -2.09. The van der Waals surface area contributed by atoms with Gasteiger partial charge in [0.2, 0.25) is 0 Å². The van der Waals surface area contributed by atoms with E-state index >= 15 is 0 Å². The minimum atomic E-state index is -0.559. The van der Waals surface area contributed by atoms with Crippen molar-refractivity contribution in [3.05, 3.63) is 30.1 Å². The van der Waals surface area contributed by atoms with Gasteiger partial charge in [0.15, 0.2) is 0 Å². The Hall–Kier alpha value is -1.88. The molecule has 2 rings (SSSR count). The van der Waals surface area contributed by atoms with Crippen LogP contribution in [0.4, 0.5) is 0 Å². The van der Waals surface area contributed by atoms with E-state index in [1.807, 2.05) is 0 Å². The van der Waals surface area contributed by atoms with Gasteiger partial charge in [0.1, 0.15) is 0 Å². The molecule has 0 saturated carbocycles. The molecule has 0 fully saturated rings. The fraction of sp³-hybridized carbons (Fsp3) is 0. The fourth-order valence-electron chi connectivity index (χ4n) is 1.13. The fourth-order valence-corrected chi connectivity index (χ4v) is 1.13. The second kappa shape index (κ2) is 2.87. The third-order valence-corrected chi connectivity index (χ3v) is 1.76. The Morgan fingerprint density at radius 1 is 1.54 bits per heavy atom. The van der Waals surface area contributed by atoms with Gasteiger partial charge < -0.3 is 9.82 Å². The van der Waals surface area contributed by atoms with Crippen LogP contribution in [0.3, 0.4) is 0 Å². The van der Waals surface area contributed by atoms with E-state index in [1.54, 1.807) is 24.5 Å². The minimum Gasteiger partial charge on any atom is -0.370 e. The predicted octanol–water partition coefficient (Wildman–Crippen LogP) is 0.593. The Balaban J connectivity index is 2.54. The molecule has 66 valence electrons. The van der Waals surface area contributed by atoms with Crippen LogP contribution in [0.1, 0.15) is 10.4 Å². The monoisotopic (exact) mass is 177 g/mol. The molecule has 0 aliphatic carbocycles. The van der Waals surface area contributed by atoms with Crippen LogP contribution in [0.15, 0.2) is 24.5 Å². The summed E-state index contributed by atoms with van der Waals surface area (Å²) < 4.78 is 0. The van der Waals surface area contributed by atoms with E-state index in [-0.39, 0.29) is 0 Å². The molecule has 0 aliphatic heterocycles. The first-order valence-electron chi connectivity index (χ1n) is 3.65. The van der Waals surface area contributed by atoms with Crippen LogP contribution in [0, 0.1) is 0 Å². The Morgan fingerprint density at radius 2 is 2.38 bits per heavy atom. The molecule has 1 aromatic carbocycles. The van der Waals surface area contributed by atoms with Crippen molar-refractivity contribution in [2.24, 2.45) is 5.90 Å². The molecular formula is C8H7N3O2. The average Bonchev–Trinajstić information content (AvgIpc) is 2.63. The number of carbonyl (C=O) groups is 1. The molecule has 1 heterocycles. The van der Waals surface area contributed by atoms with Crippen LogP contribution >= 0.6 is 0 Å². The molecule has 5 nitrogen and oxygen atoms in total. The summed E-state index contributed by atoms with van der Waals surface area (Å²) in [5.74, 6) is 4.19. The van der Waals surface area contributed by atoms with E-state index in [4.69, 9.17) is 5.90 Å². The van der Waals surface area contributed by atoms with Crippen LogP contribution < -0.4 is 5.90 Å². The van der Waals surface area contributed by atoms with Gasteiger partial charge in [-0.3, -0.25) is 0 Å². The summed E-state index contributed by atoms with van der Waals surface area (Å²) in [5.41, 5.74) is 1.98. The second-order valence-electron chi connectivity index (χ2n) is 2.54. The highest BCUT2D eigenvalue weighted by Gasteiger charge is 2.06. The number of fused-ring (bicyclic) bond motifs is 1. The van der Waals surface area contributed by atoms with Crippen molar-refractivity contribution in [2.75, 3.05) is 0 Å². The summed E-state index contributed by atoms with van der Waals surface area (Å²) in [4.78, 5) is 22.0. The first-order chi connectivity index (χ1) is 6.31. The van der Waals surface area contributed by atoms with E-state index in [1.165, 1.54) is 0 Å². The summed E-state index contributed by atoms with van der Waals surface area (Å²) in [6, 6.07) is 4.97. The highest BCUT2D eigenvalue weighted by Crippen LogP contribution is 2.11. The highest BCUT2D eigenvalue weighted by atomic mass is 16.7. The molecule has 0 atom stereocenters. The molecule has 0 saturated heterocycles. The van der Waals surface area contributed by atoms with Gasteiger partial charge in [-0.25, -0.2) is 9.78 Å². The molecule has 3 N–H and O–H groups in total. The molecule has 1 aromatic heterocycles. The SMILES string of the molecule is NOC(=O)c1ccc2nc[nH]c2c1. The van der Waals surface area contributed by atoms with Crippen LogP contribution in [0.5, 0.6) is 0 Å². The summed E-state index contributed by atoms with van der Waals surface area (Å²) in [7, 11) is 0. The number of aromatic nitrogens is 2. The van der Waals surface area contributed by atoms with Crippen LogP contribution in [0.2, 0.25) is 0 Å². The van der Waals surface area contributed by atoms with E-state index < -0.39 is 5.97 Å². The molecule has 2 aromatic rings. The van der Waals surface area contributed by atoms with Crippen molar-refractivity contribution in [3.8, 4) is 0 Å². The highest BCUT2D eigenvalue weighted by molar-refractivity contribution is 5.93. The normalized spacial score (nSPS) is 10.2. The molecule has 0 amide bonds. The second-order valence-corrected chi connectivity index (χ2v) is 2.54. The van der Waals surface area contributed by atoms with E-state index in [2.05, 4.69) is 14.8 Å². The van der Waals surface area contributed by atoms with E-state index in [0.29, 0.717) is 5.56 Å². The van der Waals surface area contributed by atoms with Gasteiger partial charge in [-0.2, -0.15) is 5.90 Å². The lowest BCUT2D eigenvalue weighted by atomic mass is 10.2. The Labute approximate surface area is 73.5 Å². The number of hydrogen-bond donors (Lipinski definition) is 2. The van der Waals surface area contributed by atoms with Crippen molar-refractivity contribution in [2.45, 2.75) is 0 Å². The van der Waals surface area contributed by atoms with Gasteiger partial charge in [0.25, 0.3) is 0 Å². The van der Waals surface area contributed by atoms with Gasteiger partial charge in [0, 0.05) is 0 Å². The average molecular weight is 177 g/mol. The topological polar surface area (TPSA) is 81.0 Å². The molecule has 0 aliphatic rings. The summed E-state index contributed by atoms with van der Waals surface area (Å²) in [6.45, 7) is 0. The maximum absolute atomic E-state index is 11.0. The Morgan fingerprint density at radius 3 is 3.15 bits per heavy atom. The van der Waals surface area contributed by atoms with Crippen LogP contribution in [-0.4, -0.2) is 15.9 Å². The molecule has 13 heavy (non-hydrogen) atoms. The summed E-state index contributed by atoms with van der Waals surface area (Å²) in [6.07, 6.45) is 1.56. The third-order valence-electron chi connectivity index (χ3n) is 1.76. The molecule has 0 unspecified atom stereocenters. The van der Waals surface area contributed by atoms with Crippen molar-refractivity contribution < 1.29 is 9.63 Å². The number of benzene rings is 1. The minimum absolute atomic E-state index is 0.402. The maximum Gasteiger partial charge on any atom is 0.356 e. The third kappa shape index (κ3) is 1.25. The molecule has 0 spiro atoms. The van der Waals surface area contributed by atoms with E-state index in [9.17, 15) is 4.79 Å². The Kier molecular flexibility index (Phi) is 1.71. The van der Waals surface area contributed by atoms with Gasteiger partial charge in [-0.05, 0) is 18.2 Å². The molecule has 5 heteroatoms. The number of nitrogens with zero attached hydrogens (tertiary/aromatic N) is 1.